The van der Waals surface area contributed by atoms with E-state index in [0.29, 0.717) is 11.4 Å². The van der Waals surface area contributed by atoms with E-state index in [4.69, 9.17) is 18.0 Å². The lowest BCUT2D eigenvalue weighted by Gasteiger charge is -2.34. The Kier molecular flexibility index (Phi) is 4.31. The van der Waals surface area contributed by atoms with Crippen molar-refractivity contribution in [1.29, 1.82) is 0 Å². The maximum absolute atomic E-state index is 6.19. The number of nitrogens with two attached hydrogens (primary N) is 1. The Morgan fingerprint density at radius 1 is 1.18 bits per heavy atom. The first-order valence-electron chi connectivity index (χ1n) is 7.29. The van der Waals surface area contributed by atoms with E-state index in [9.17, 15) is 0 Å². The number of piperazine rings is 1. The number of nitrogen functional groups attached to an aromatic ring is 1. The van der Waals surface area contributed by atoms with Crippen molar-refractivity contribution in [3.8, 4) is 11.1 Å². The van der Waals surface area contributed by atoms with Gasteiger partial charge in [-0.25, -0.2) is 0 Å². The van der Waals surface area contributed by atoms with E-state index in [1.165, 1.54) is 0 Å². The molecule has 2 N–H and O–H groups in total. The molecule has 0 spiro atoms. The van der Waals surface area contributed by atoms with Gasteiger partial charge >= 0.3 is 0 Å². The molecule has 22 heavy (non-hydrogen) atoms. The summed E-state index contributed by atoms with van der Waals surface area (Å²) in [5, 5.41) is 0. The van der Waals surface area contributed by atoms with Gasteiger partial charge in [-0.1, -0.05) is 18.3 Å². The van der Waals surface area contributed by atoms with Crippen molar-refractivity contribution < 1.29 is 0 Å². The van der Waals surface area contributed by atoms with Crippen molar-refractivity contribution in [3.05, 3.63) is 42.5 Å². The Hall–Kier alpha value is -2.05. The molecule has 5 nitrogen and oxygen atoms in total. The van der Waals surface area contributed by atoms with Crippen LogP contribution in [0.2, 0.25) is 0 Å². The van der Waals surface area contributed by atoms with Gasteiger partial charge in [0.2, 0.25) is 0 Å². The third-order valence-electron chi connectivity index (χ3n) is 3.91. The fourth-order valence-electron chi connectivity index (χ4n) is 2.51. The number of rotatable bonds is 2. The SMILES string of the molecule is CN1CCN(C(=S)c2ncc(-c3cccnc3)cc2N)CC1. The van der Waals surface area contributed by atoms with E-state index >= 15 is 0 Å². The van der Waals surface area contributed by atoms with E-state index < -0.39 is 0 Å². The third-order valence-corrected chi connectivity index (χ3v) is 4.36. The van der Waals surface area contributed by atoms with Gasteiger partial charge in [-0.15, -0.1) is 0 Å². The summed E-state index contributed by atoms with van der Waals surface area (Å²) in [6, 6.07) is 5.80. The molecule has 1 fully saturated rings. The fraction of sp³-hybridized carbons (Fsp3) is 0.312. The number of thiocarbonyl (C=S) groups is 1. The molecule has 0 unspecified atom stereocenters. The first-order valence-corrected chi connectivity index (χ1v) is 7.70. The van der Waals surface area contributed by atoms with E-state index in [0.717, 1.165) is 42.3 Å². The molecule has 3 rings (SSSR count). The van der Waals surface area contributed by atoms with Crippen molar-refractivity contribution in [2.24, 2.45) is 0 Å². The monoisotopic (exact) mass is 313 g/mol. The van der Waals surface area contributed by atoms with Crippen molar-refractivity contribution in [1.82, 2.24) is 19.8 Å². The van der Waals surface area contributed by atoms with Gasteiger partial charge in [-0.05, 0) is 19.2 Å². The molecule has 1 aliphatic rings. The number of anilines is 1. The molecule has 0 bridgehead atoms. The van der Waals surface area contributed by atoms with Crippen LogP contribution in [0, 0.1) is 0 Å². The summed E-state index contributed by atoms with van der Waals surface area (Å²) in [5.41, 5.74) is 9.46. The molecular formula is C16H19N5S. The topological polar surface area (TPSA) is 58.3 Å². The fourth-order valence-corrected chi connectivity index (χ4v) is 2.86. The first kappa shape index (κ1) is 14.9. The summed E-state index contributed by atoms with van der Waals surface area (Å²) in [4.78, 5) is 13.8. The van der Waals surface area contributed by atoms with Crippen LogP contribution in [0.1, 0.15) is 5.69 Å². The number of hydrogen-bond donors (Lipinski definition) is 1. The lowest BCUT2D eigenvalue weighted by atomic mass is 10.1. The number of hydrogen-bond acceptors (Lipinski definition) is 5. The maximum atomic E-state index is 6.19. The van der Waals surface area contributed by atoms with Crippen LogP contribution in [0.5, 0.6) is 0 Å². The van der Waals surface area contributed by atoms with Gasteiger partial charge in [0.25, 0.3) is 0 Å². The maximum Gasteiger partial charge on any atom is 0.130 e. The highest BCUT2D eigenvalue weighted by molar-refractivity contribution is 7.80. The quantitative estimate of drug-likeness (QED) is 0.851. The molecule has 114 valence electrons. The summed E-state index contributed by atoms with van der Waals surface area (Å²) < 4.78 is 0. The van der Waals surface area contributed by atoms with Gasteiger partial charge in [0, 0.05) is 55.9 Å². The summed E-state index contributed by atoms with van der Waals surface area (Å²) >= 11 is 5.58. The molecule has 1 aliphatic heterocycles. The third kappa shape index (κ3) is 3.08. The molecule has 2 aromatic heterocycles. The van der Waals surface area contributed by atoms with Gasteiger partial charge < -0.3 is 15.5 Å². The predicted molar refractivity (Wildman–Crippen MR) is 92.7 cm³/mol. The largest absolute Gasteiger partial charge is 0.397 e. The van der Waals surface area contributed by atoms with E-state index in [1.807, 2.05) is 24.4 Å². The lowest BCUT2D eigenvalue weighted by molar-refractivity contribution is 0.217. The van der Waals surface area contributed by atoms with Crippen LogP contribution in [0.15, 0.2) is 36.8 Å². The molecule has 1 saturated heterocycles. The molecule has 3 heterocycles. The normalized spacial score (nSPS) is 15.8. The highest BCUT2D eigenvalue weighted by Crippen LogP contribution is 2.22. The van der Waals surface area contributed by atoms with Crippen molar-refractivity contribution in [2.75, 3.05) is 39.0 Å². The number of aromatic nitrogens is 2. The van der Waals surface area contributed by atoms with Crippen LogP contribution in [-0.2, 0) is 0 Å². The molecule has 0 atom stereocenters. The molecular weight excluding hydrogens is 294 g/mol. The predicted octanol–water partition coefficient (Wildman–Crippen LogP) is 1.65. The highest BCUT2D eigenvalue weighted by atomic mass is 32.1. The lowest BCUT2D eigenvalue weighted by Crippen LogP contribution is -2.47. The Morgan fingerprint density at radius 2 is 1.95 bits per heavy atom. The minimum absolute atomic E-state index is 0.616. The molecule has 0 radical (unpaired) electrons. The smallest absolute Gasteiger partial charge is 0.130 e. The minimum atomic E-state index is 0.616. The molecule has 0 aliphatic carbocycles. The highest BCUT2D eigenvalue weighted by Gasteiger charge is 2.20. The summed E-state index contributed by atoms with van der Waals surface area (Å²) in [6.45, 7) is 3.85. The van der Waals surface area contributed by atoms with Gasteiger partial charge in [-0.3, -0.25) is 9.97 Å². The Bertz CT molecular complexity index is 665. The minimum Gasteiger partial charge on any atom is -0.397 e. The molecule has 0 amide bonds. The summed E-state index contributed by atoms with van der Waals surface area (Å²) in [5.74, 6) is 0. The van der Waals surface area contributed by atoms with Crippen LogP contribution in [-0.4, -0.2) is 58.0 Å². The van der Waals surface area contributed by atoms with Crippen molar-refractivity contribution in [3.63, 3.8) is 0 Å². The van der Waals surface area contributed by atoms with Gasteiger partial charge in [0.15, 0.2) is 0 Å². The van der Waals surface area contributed by atoms with Crippen LogP contribution in [0.4, 0.5) is 5.69 Å². The second-order valence-electron chi connectivity index (χ2n) is 5.50. The summed E-state index contributed by atoms with van der Waals surface area (Å²) in [7, 11) is 2.12. The molecule has 0 aromatic carbocycles. The average molecular weight is 313 g/mol. The van der Waals surface area contributed by atoms with E-state index in [-0.39, 0.29) is 0 Å². The van der Waals surface area contributed by atoms with Gasteiger partial charge in [-0.2, -0.15) is 0 Å². The van der Waals surface area contributed by atoms with Crippen molar-refractivity contribution in [2.45, 2.75) is 0 Å². The number of nitrogens with zero attached hydrogens (tertiary/aromatic N) is 4. The zero-order valence-corrected chi connectivity index (χ0v) is 13.4. The Morgan fingerprint density at radius 3 is 2.59 bits per heavy atom. The standard InChI is InChI=1S/C16H19N5S/c1-20-5-7-21(8-6-20)16(22)15-14(17)9-13(11-19-15)12-3-2-4-18-10-12/h2-4,9-11H,5-8,17H2,1H3. The van der Waals surface area contributed by atoms with Gasteiger partial charge in [0.05, 0.1) is 5.69 Å². The van der Waals surface area contributed by atoms with Gasteiger partial charge in [0.1, 0.15) is 10.7 Å². The van der Waals surface area contributed by atoms with E-state index in [2.05, 4.69) is 26.8 Å². The first-order chi connectivity index (χ1) is 10.6. The van der Waals surface area contributed by atoms with Crippen LogP contribution in [0.25, 0.3) is 11.1 Å². The van der Waals surface area contributed by atoms with Crippen LogP contribution in [0.3, 0.4) is 0 Å². The molecule has 6 heteroatoms. The number of likely N-dealkylation sites (N-methyl/N-ethyl adjacent to an activating group) is 1. The van der Waals surface area contributed by atoms with Crippen LogP contribution < -0.4 is 5.73 Å². The number of pyridine rings is 2. The van der Waals surface area contributed by atoms with E-state index in [1.54, 1.807) is 12.4 Å². The zero-order chi connectivity index (χ0) is 15.5. The second kappa shape index (κ2) is 6.37. The van der Waals surface area contributed by atoms with Crippen LogP contribution >= 0.6 is 12.2 Å². The average Bonchev–Trinajstić information content (AvgIpc) is 2.56. The second-order valence-corrected chi connectivity index (χ2v) is 5.89. The summed E-state index contributed by atoms with van der Waals surface area (Å²) in [6.07, 6.45) is 5.36. The van der Waals surface area contributed by atoms with Crippen molar-refractivity contribution >= 4 is 22.9 Å². The Balaban J connectivity index is 1.82. The zero-order valence-electron chi connectivity index (χ0n) is 12.6. The molecule has 0 saturated carbocycles. The molecule has 2 aromatic rings. The Labute approximate surface area is 135 Å².